The molecule has 2 rings (SSSR count). The van der Waals surface area contributed by atoms with Crippen molar-refractivity contribution in [3.63, 3.8) is 0 Å². The van der Waals surface area contributed by atoms with Crippen molar-refractivity contribution in [1.82, 2.24) is 19.9 Å². The van der Waals surface area contributed by atoms with Crippen molar-refractivity contribution in [2.45, 2.75) is 39.5 Å². The second-order valence-corrected chi connectivity index (χ2v) is 4.54. The molecule has 18 heavy (non-hydrogen) atoms. The van der Waals surface area contributed by atoms with Crippen LogP contribution in [0.15, 0.2) is 24.7 Å². The van der Waals surface area contributed by atoms with Gasteiger partial charge in [-0.05, 0) is 25.0 Å². The topological polar surface area (TPSA) is 51.6 Å². The minimum absolute atomic E-state index is 0.234. The molecule has 1 atom stereocenters. The molecule has 2 aromatic heterocycles. The zero-order valence-corrected chi connectivity index (χ0v) is 11.1. The van der Waals surface area contributed by atoms with E-state index in [1.165, 1.54) is 0 Å². The molecule has 0 radical (unpaired) electrons. The minimum Gasteiger partial charge on any atom is -0.241 e. The molecule has 2 aromatic rings. The smallest absolute Gasteiger partial charge is 0.131 e. The Bertz CT molecular complexity index is 507. The van der Waals surface area contributed by atoms with Gasteiger partial charge in [-0.15, -0.1) is 0 Å². The van der Waals surface area contributed by atoms with Crippen LogP contribution < -0.4 is 0 Å². The molecule has 4 heteroatoms. The Hall–Kier alpha value is -1.84. The predicted molar refractivity (Wildman–Crippen MR) is 70.3 cm³/mol. The predicted octanol–water partition coefficient (Wildman–Crippen LogP) is 2.48. The average Bonchev–Trinajstić information content (AvgIpc) is 2.39. The first-order valence-corrected chi connectivity index (χ1v) is 6.28. The van der Waals surface area contributed by atoms with E-state index in [0.29, 0.717) is 0 Å². The van der Waals surface area contributed by atoms with Crippen molar-refractivity contribution in [2.24, 2.45) is 0 Å². The van der Waals surface area contributed by atoms with Crippen LogP contribution in [0.4, 0.5) is 0 Å². The number of rotatable bonds is 4. The molecular formula is C14H18N4. The van der Waals surface area contributed by atoms with Gasteiger partial charge in [-0.25, -0.2) is 19.9 Å². The Morgan fingerprint density at radius 1 is 1.17 bits per heavy atom. The fraction of sp³-hybridized carbons (Fsp3) is 0.429. The van der Waals surface area contributed by atoms with E-state index in [4.69, 9.17) is 0 Å². The average molecular weight is 242 g/mol. The molecule has 0 N–H and O–H groups in total. The molecule has 0 saturated carbocycles. The van der Waals surface area contributed by atoms with Crippen molar-refractivity contribution in [3.8, 4) is 0 Å². The van der Waals surface area contributed by atoms with Crippen LogP contribution in [0.2, 0.25) is 0 Å². The first-order valence-electron chi connectivity index (χ1n) is 6.28. The summed E-state index contributed by atoms with van der Waals surface area (Å²) in [6.07, 6.45) is 7.23. The number of aromatic nitrogens is 4. The van der Waals surface area contributed by atoms with Gasteiger partial charge in [0, 0.05) is 36.6 Å². The number of hydrogen-bond donors (Lipinski definition) is 0. The normalized spacial score (nSPS) is 12.4. The minimum atomic E-state index is 0.234. The number of nitrogens with zero attached hydrogens (tertiary/aromatic N) is 4. The fourth-order valence-electron chi connectivity index (χ4n) is 1.76. The van der Waals surface area contributed by atoms with E-state index in [-0.39, 0.29) is 5.92 Å². The van der Waals surface area contributed by atoms with Crippen LogP contribution in [0.25, 0.3) is 0 Å². The van der Waals surface area contributed by atoms with Gasteiger partial charge in [0.25, 0.3) is 0 Å². The van der Waals surface area contributed by atoms with Gasteiger partial charge in [-0.2, -0.15) is 0 Å². The van der Waals surface area contributed by atoms with E-state index >= 15 is 0 Å². The van der Waals surface area contributed by atoms with Crippen molar-refractivity contribution in [1.29, 1.82) is 0 Å². The largest absolute Gasteiger partial charge is 0.241 e. The van der Waals surface area contributed by atoms with Gasteiger partial charge in [0.1, 0.15) is 11.6 Å². The molecule has 0 aliphatic heterocycles. The maximum atomic E-state index is 4.51. The highest BCUT2D eigenvalue weighted by Crippen LogP contribution is 2.14. The highest BCUT2D eigenvalue weighted by molar-refractivity contribution is 5.08. The lowest BCUT2D eigenvalue weighted by molar-refractivity contribution is 0.664. The third kappa shape index (κ3) is 3.09. The Morgan fingerprint density at radius 2 is 1.89 bits per heavy atom. The SMILES string of the molecule is CCc1ccnc(CC(C)c2ncc(C)cn2)n1. The summed E-state index contributed by atoms with van der Waals surface area (Å²) < 4.78 is 0. The van der Waals surface area contributed by atoms with Gasteiger partial charge < -0.3 is 0 Å². The van der Waals surface area contributed by atoms with Gasteiger partial charge in [0.15, 0.2) is 0 Å². The summed E-state index contributed by atoms with van der Waals surface area (Å²) in [5, 5.41) is 0. The highest BCUT2D eigenvalue weighted by Gasteiger charge is 2.11. The van der Waals surface area contributed by atoms with Gasteiger partial charge in [0.2, 0.25) is 0 Å². The summed E-state index contributed by atoms with van der Waals surface area (Å²) in [6.45, 7) is 6.19. The summed E-state index contributed by atoms with van der Waals surface area (Å²) in [7, 11) is 0. The van der Waals surface area contributed by atoms with Crippen molar-refractivity contribution < 1.29 is 0 Å². The Kier molecular flexibility index (Phi) is 3.97. The maximum Gasteiger partial charge on any atom is 0.131 e. The molecular weight excluding hydrogens is 224 g/mol. The third-order valence-corrected chi connectivity index (χ3v) is 2.86. The van der Waals surface area contributed by atoms with Crippen LogP contribution in [0.3, 0.4) is 0 Å². The van der Waals surface area contributed by atoms with Crippen LogP contribution >= 0.6 is 0 Å². The highest BCUT2D eigenvalue weighted by atomic mass is 14.9. The van der Waals surface area contributed by atoms with E-state index in [9.17, 15) is 0 Å². The van der Waals surface area contributed by atoms with Crippen molar-refractivity contribution >= 4 is 0 Å². The molecule has 2 heterocycles. The standard InChI is InChI=1S/C14H18N4/c1-4-12-5-6-15-13(18-12)7-11(3)14-16-8-10(2)9-17-14/h5-6,8-9,11H,4,7H2,1-3H3. The third-order valence-electron chi connectivity index (χ3n) is 2.86. The fourth-order valence-corrected chi connectivity index (χ4v) is 1.76. The maximum absolute atomic E-state index is 4.51. The van der Waals surface area contributed by atoms with E-state index < -0.39 is 0 Å². The molecule has 0 spiro atoms. The lowest BCUT2D eigenvalue weighted by atomic mass is 10.1. The molecule has 0 amide bonds. The van der Waals surface area contributed by atoms with Crippen LogP contribution in [-0.4, -0.2) is 19.9 Å². The summed E-state index contributed by atoms with van der Waals surface area (Å²) in [5.41, 5.74) is 2.16. The van der Waals surface area contributed by atoms with Crippen LogP contribution in [0, 0.1) is 6.92 Å². The number of aryl methyl sites for hydroxylation is 2. The Labute approximate surface area is 108 Å². The molecule has 4 nitrogen and oxygen atoms in total. The second-order valence-electron chi connectivity index (χ2n) is 4.54. The molecule has 0 bridgehead atoms. The first kappa shape index (κ1) is 12.6. The van der Waals surface area contributed by atoms with Gasteiger partial charge in [-0.1, -0.05) is 13.8 Å². The summed E-state index contributed by atoms with van der Waals surface area (Å²) in [6, 6.07) is 1.95. The lowest BCUT2D eigenvalue weighted by Crippen LogP contribution is -2.07. The summed E-state index contributed by atoms with van der Waals surface area (Å²) in [5.74, 6) is 1.95. The van der Waals surface area contributed by atoms with Gasteiger partial charge in [0.05, 0.1) is 0 Å². The van der Waals surface area contributed by atoms with E-state index in [1.54, 1.807) is 0 Å². The van der Waals surface area contributed by atoms with Crippen LogP contribution in [0.1, 0.15) is 42.7 Å². The Balaban J connectivity index is 2.10. The van der Waals surface area contributed by atoms with Crippen molar-refractivity contribution in [2.75, 3.05) is 0 Å². The van der Waals surface area contributed by atoms with E-state index in [1.807, 2.05) is 31.6 Å². The van der Waals surface area contributed by atoms with Crippen LogP contribution in [-0.2, 0) is 12.8 Å². The molecule has 0 aromatic carbocycles. The molecule has 1 unspecified atom stereocenters. The Morgan fingerprint density at radius 3 is 2.56 bits per heavy atom. The first-order chi connectivity index (χ1) is 8.69. The van der Waals surface area contributed by atoms with E-state index in [0.717, 1.165) is 35.7 Å². The zero-order valence-electron chi connectivity index (χ0n) is 11.1. The second kappa shape index (κ2) is 5.67. The lowest BCUT2D eigenvalue weighted by Gasteiger charge is -2.09. The molecule has 0 aliphatic rings. The summed E-state index contributed by atoms with van der Waals surface area (Å²) >= 11 is 0. The zero-order chi connectivity index (χ0) is 13.0. The van der Waals surface area contributed by atoms with Gasteiger partial charge >= 0.3 is 0 Å². The summed E-state index contributed by atoms with van der Waals surface area (Å²) in [4.78, 5) is 17.5. The van der Waals surface area contributed by atoms with Gasteiger partial charge in [-0.3, -0.25) is 0 Å². The number of hydrogen-bond acceptors (Lipinski definition) is 4. The molecule has 0 saturated heterocycles. The van der Waals surface area contributed by atoms with E-state index in [2.05, 4.69) is 33.8 Å². The molecule has 0 fully saturated rings. The molecule has 0 aliphatic carbocycles. The molecule has 94 valence electrons. The van der Waals surface area contributed by atoms with Crippen LogP contribution in [0.5, 0.6) is 0 Å². The van der Waals surface area contributed by atoms with Crippen molar-refractivity contribution in [3.05, 3.63) is 47.6 Å². The monoisotopic (exact) mass is 242 g/mol. The quantitative estimate of drug-likeness (QED) is 0.826.